The number of carbonyl (C=O) groups excluding carboxylic acids is 3. The van der Waals surface area contributed by atoms with E-state index in [1.165, 1.54) is 58.3 Å². The number of unbranched alkanes of at least 4 members (excludes halogenated alkanes) is 7. The molecule has 7 heteroatoms. The Morgan fingerprint density at radius 1 is 0.604 bits per heavy atom. The lowest BCUT2D eigenvalue weighted by molar-refractivity contribution is -0.141. The Bertz CT molecular complexity index is 1220. The summed E-state index contributed by atoms with van der Waals surface area (Å²) in [7, 11) is 0. The van der Waals surface area contributed by atoms with Gasteiger partial charge in [-0.05, 0) is 118 Å². The van der Waals surface area contributed by atoms with Crippen molar-refractivity contribution in [3.63, 3.8) is 0 Å². The van der Waals surface area contributed by atoms with Gasteiger partial charge in [-0.1, -0.05) is 71.1 Å². The Balaban J connectivity index is 1.08. The molecule has 0 aromatic heterocycles. The minimum absolute atomic E-state index is 0.0352. The van der Waals surface area contributed by atoms with Gasteiger partial charge in [-0.3, -0.25) is 9.59 Å². The minimum atomic E-state index is -0.457. The quantitative estimate of drug-likeness (QED) is 0.0840. The molecule has 48 heavy (non-hydrogen) atoms. The van der Waals surface area contributed by atoms with E-state index in [1.54, 1.807) is 48.5 Å². The van der Waals surface area contributed by atoms with Gasteiger partial charge in [-0.25, -0.2) is 4.79 Å². The van der Waals surface area contributed by atoms with Crippen molar-refractivity contribution in [3.8, 4) is 17.2 Å². The maximum atomic E-state index is 12.9. The van der Waals surface area contributed by atoms with E-state index in [2.05, 4.69) is 6.92 Å². The van der Waals surface area contributed by atoms with Crippen LogP contribution in [0.5, 0.6) is 17.2 Å². The second-order valence-corrected chi connectivity index (χ2v) is 14.0. The predicted molar refractivity (Wildman–Crippen MR) is 188 cm³/mol. The lowest BCUT2D eigenvalue weighted by Gasteiger charge is -2.37. The molecule has 0 heterocycles. The lowest BCUT2D eigenvalue weighted by Crippen LogP contribution is -2.30. The first kappa shape index (κ1) is 37.5. The first-order valence-electron chi connectivity index (χ1n) is 18.8. The monoisotopic (exact) mass is 662 g/mol. The summed E-state index contributed by atoms with van der Waals surface area (Å²) in [6.07, 6.45) is 21.4. The summed E-state index contributed by atoms with van der Waals surface area (Å²) >= 11 is 0. The number of benzene rings is 2. The van der Waals surface area contributed by atoms with E-state index >= 15 is 0 Å². The maximum absolute atomic E-state index is 12.9. The zero-order valence-electron chi connectivity index (χ0n) is 29.4. The van der Waals surface area contributed by atoms with E-state index in [-0.39, 0.29) is 17.9 Å². The topological polar surface area (TPSA) is 88.1 Å². The van der Waals surface area contributed by atoms with Crippen molar-refractivity contribution < 1.29 is 33.3 Å². The van der Waals surface area contributed by atoms with E-state index in [4.69, 9.17) is 18.9 Å². The molecule has 0 radical (unpaired) electrons. The van der Waals surface area contributed by atoms with E-state index < -0.39 is 5.97 Å². The van der Waals surface area contributed by atoms with Gasteiger partial charge in [-0.2, -0.15) is 0 Å². The Morgan fingerprint density at radius 2 is 1.15 bits per heavy atom. The molecule has 0 unspecified atom stereocenters. The SMILES string of the molecule is CCCCCC1CCC(C2CCC(C(=O)Oc3ccc(OC(=O)c4ccc(OCCCCCCCCOC(C)=O)cc4)cc3)CC2)CC1. The van der Waals surface area contributed by atoms with Crippen LogP contribution in [0.15, 0.2) is 48.5 Å². The van der Waals surface area contributed by atoms with Crippen LogP contribution in [0.25, 0.3) is 0 Å². The standard InChI is InChI=1S/C41H58O7/c1-3-4-9-12-32-13-15-33(16-14-32)34-17-19-35(20-18-34)40(43)47-38-25-27-39(28-26-38)48-41(44)36-21-23-37(24-22-36)46-30-11-8-6-5-7-10-29-45-31(2)42/h21-28,32-35H,3-20,29-30H2,1-2H3. The summed E-state index contributed by atoms with van der Waals surface area (Å²) in [4.78, 5) is 36.4. The van der Waals surface area contributed by atoms with Gasteiger partial charge >= 0.3 is 17.9 Å². The van der Waals surface area contributed by atoms with Crippen molar-refractivity contribution in [1.82, 2.24) is 0 Å². The van der Waals surface area contributed by atoms with Crippen LogP contribution in [0.1, 0.15) is 140 Å². The van der Waals surface area contributed by atoms with Crippen molar-refractivity contribution in [2.45, 2.75) is 129 Å². The molecule has 0 saturated heterocycles. The molecule has 2 aliphatic carbocycles. The molecule has 0 bridgehead atoms. The summed E-state index contributed by atoms with van der Waals surface area (Å²) < 4.78 is 22.0. The number of esters is 3. The van der Waals surface area contributed by atoms with Crippen LogP contribution in [0, 0.1) is 23.7 Å². The van der Waals surface area contributed by atoms with Crippen LogP contribution >= 0.6 is 0 Å². The zero-order chi connectivity index (χ0) is 34.0. The highest BCUT2D eigenvalue weighted by Crippen LogP contribution is 2.42. The number of hydrogen-bond donors (Lipinski definition) is 0. The average Bonchev–Trinajstić information content (AvgIpc) is 3.10. The summed E-state index contributed by atoms with van der Waals surface area (Å²) in [5, 5.41) is 0. The van der Waals surface area contributed by atoms with Crippen LogP contribution in [0.3, 0.4) is 0 Å². The van der Waals surface area contributed by atoms with Crippen molar-refractivity contribution in [1.29, 1.82) is 0 Å². The molecule has 2 aromatic rings. The maximum Gasteiger partial charge on any atom is 0.343 e. The van der Waals surface area contributed by atoms with Gasteiger partial charge in [0.25, 0.3) is 0 Å². The minimum Gasteiger partial charge on any atom is -0.494 e. The van der Waals surface area contributed by atoms with Crippen molar-refractivity contribution in [2.75, 3.05) is 13.2 Å². The predicted octanol–water partition coefficient (Wildman–Crippen LogP) is 10.3. The third-order valence-corrected chi connectivity index (χ3v) is 10.3. The van der Waals surface area contributed by atoms with Gasteiger partial charge < -0.3 is 18.9 Å². The number of hydrogen-bond acceptors (Lipinski definition) is 7. The highest BCUT2D eigenvalue weighted by molar-refractivity contribution is 5.91. The van der Waals surface area contributed by atoms with Crippen LogP contribution in [-0.2, 0) is 14.3 Å². The molecule has 2 saturated carbocycles. The number of carbonyl (C=O) groups is 3. The van der Waals surface area contributed by atoms with Crippen molar-refractivity contribution >= 4 is 17.9 Å². The van der Waals surface area contributed by atoms with Gasteiger partial charge in [0.1, 0.15) is 17.2 Å². The zero-order valence-corrected chi connectivity index (χ0v) is 29.4. The summed E-state index contributed by atoms with van der Waals surface area (Å²) in [5.74, 6) is 3.28. The average molecular weight is 663 g/mol. The summed E-state index contributed by atoms with van der Waals surface area (Å²) in [5.41, 5.74) is 0.433. The number of rotatable bonds is 19. The van der Waals surface area contributed by atoms with E-state index in [0.717, 1.165) is 82.0 Å². The first-order chi connectivity index (χ1) is 23.4. The largest absolute Gasteiger partial charge is 0.494 e. The normalized spacial score (nSPS) is 20.9. The molecule has 0 aliphatic heterocycles. The number of ether oxygens (including phenoxy) is 4. The van der Waals surface area contributed by atoms with E-state index in [9.17, 15) is 14.4 Å². The molecule has 2 aliphatic rings. The molecule has 4 rings (SSSR count). The van der Waals surface area contributed by atoms with Crippen molar-refractivity contribution in [3.05, 3.63) is 54.1 Å². The van der Waals surface area contributed by atoms with Gasteiger partial charge in [0.2, 0.25) is 0 Å². The molecular formula is C41H58O7. The first-order valence-corrected chi connectivity index (χ1v) is 18.8. The Labute approximate surface area is 288 Å². The van der Waals surface area contributed by atoms with Crippen molar-refractivity contribution in [2.24, 2.45) is 23.7 Å². The van der Waals surface area contributed by atoms with Gasteiger partial charge in [0.15, 0.2) is 0 Å². The summed E-state index contributed by atoms with van der Waals surface area (Å²) in [6, 6.07) is 13.6. The van der Waals surface area contributed by atoms with Gasteiger partial charge in [0, 0.05) is 6.92 Å². The Hall–Kier alpha value is -3.35. The Morgan fingerprint density at radius 3 is 1.75 bits per heavy atom. The molecule has 0 amide bonds. The Kier molecular flexibility index (Phi) is 16.3. The van der Waals surface area contributed by atoms with Crippen LogP contribution in [-0.4, -0.2) is 31.1 Å². The third kappa shape index (κ3) is 13.3. The fourth-order valence-electron chi connectivity index (χ4n) is 7.40. The fourth-order valence-corrected chi connectivity index (χ4v) is 7.40. The van der Waals surface area contributed by atoms with Crippen LogP contribution in [0.2, 0.25) is 0 Å². The van der Waals surface area contributed by atoms with Crippen LogP contribution in [0.4, 0.5) is 0 Å². The van der Waals surface area contributed by atoms with Gasteiger partial charge in [0.05, 0.1) is 24.7 Å². The van der Waals surface area contributed by atoms with E-state index in [1.807, 2.05) is 0 Å². The molecule has 7 nitrogen and oxygen atoms in total. The van der Waals surface area contributed by atoms with Crippen LogP contribution < -0.4 is 14.2 Å². The molecule has 264 valence electrons. The van der Waals surface area contributed by atoms with E-state index in [0.29, 0.717) is 36.0 Å². The van der Waals surface area contributed by atoms with Gasteiger partial charge in [-0.15, -0.1) is 0 Å². The lowest BCUT2D eigenvalue weighted by atomic mass is 9.68. The second-order valence-electron chi connectivity index (χ2n) is 14.0. The highest BCUT2D eigenvalue weighted by atomic mass is 16.5. The molecule has 0 atom stereocenters. The molecule has 2 fully saturated rings. The molecule has 0 N–H and O–H groups in total. The third-order valence-electron chi connectivity index (χ3n) is 10.3. The summed E-state index contributed by atoms with van der Waals surface area (Å²) in [6.45, 7) is 4.84. The molecule has 0 spiro atoms. The second kappa shape index (κ2) is 20.9. The molecular weight excluding hydrogens is 604 g/mol. The molecule has 2 aromatic carbocycles. The fraction of sp³-hybridized carbons (Fsp3) is 0.634. The smallest absolute Gasteiger partial charge is 0.343 e. The highest BCUT2D eigenvalue weighted by Gasteiger charge is 2.33.